The zero-order valence-corrected chi connectivity index (χ0v) is 16.9. The number of ether oxygens (including phenoxy) is 2. The van der Waals surface area contributed by atoms with Crippen LogP contribution in [0.4, 0.5) is 0 Å². The molecule has 9 heteroatoms. The Balaban J connectivity index is 1.50. The fourth-order valence-electron chi connectivity index (χ4n) is 3.07. The predicted octanol–water partition coefficient (Wildman–Crippen LogP) is 1.43. The summed E-state index contributed by atoms with van der Waals surface area (Å²) in [6, 6.07) is 15.1. The Labute approximate surface area is 177 Å². The summed E-state index contributed by atoms with van der Waals surface area (Å²) >= 11 is 0. The first-order chi connectivity index (χ1) is 15.0. The van der Waals surface area contributed by atoms with Gasteiger partial charge < -0.3 is 19.2 Å². The molecule has 2 aromatic carbocycles. The molecule has 162 valence electrons. The van der Waals surface area contributed by atoms with Gasteiger partial charge in [-0.3, -0.25) is 14.2 Å². The van der Waals surface area contributed by atoms with Gasteiger partial charge in [0.2, 0.25) is 0 Å². The Hall–Kier alpha value is -3.88. The van der Waals surface area contributed by atoms with Crippen LogP contribution < -0.4 is 11.1 Å². The van der Waals surface area contributed by atoms with E-state index in [1.807, 2.05) is 30.3 Å². The molecular weight excluding hydrogens is 404 g/mol. The van der Waals surface area contributed by atoms with Crippen molar-refractivity contribution in [1.29, 1.82) is 0 Å². The van der Waals surface area contributed by atoms with Crippen LogP contribution >= 0.6 is 0 Å². The van der Waals surface area contributed by atoms with Gasteiger partial charge in [0.05, 0.1) is 19.0 Å². The molecule has 0 bridgehead atoms. The van der Waals surface area contributed by atoms with E-state index in [0.29, 0.717) is 11.1 Å². The normalized spacial score (nSPS) is 11.6. The lowest BCUT2D eigenvalue weighted by atomic mass is 10.1. The summed E-state index contributed by atoms with van der Waals surface area (Å²) in [5.74, 6) is -2.47. The van der Waals surface area contributed by atoms with Gasteiger partial charge >= 0.3 is 17.7 Å². The molecule has 1 aromatic heterocycles. The van der Waals surface area contributed by atoms with E-state index in [4.69, 9.17) is 13.9 Å². The number of rotatable bonds is 9. The number of esters is 2. The zero-order valence-electron chi connectivity index (χ0n) is 16.9. The molecule has 0 aliphatic rings. The minimum absolute atomic E-state index is 0.0507. The fraction of sp³-hybridized carbons (Fsp3) is 0.273. The monoisotopic (exact) mass is 426 g/mol. The molecule has 9 nitrogen and oxygen atoms in total. The molecule has 0 aliphatic heterocycles. The van der Waals surface area contributed by atoms with Gasteiger partial charge in [0.15, 0.2) is 12.2 Å². The second-order valence-corrected chi connectivity index (χ2v) is 6.73. The van der Waals surface area contributed by atoms with Crippen molar-refractivity contribution in [2.75, 3.05) is 13.7 Å². The van der Waals surface area contributed by atoms with E-state index < -0.39 is 36.3 Å². The molecule has 0 aliphatic carbocycles. The molecule has 1 atom stereocenters. The molecule has 0 fully saturated rings. The molecule has 0 spiro atoms. The van der Waals surface area contributed by atoms with E-state index in [0.717, 1.165) is 5.56 Å². The van der Waals surface area contributed by atoms with Crippen LogP contribution in [-0.4, -0.2) is 42.2 Å². The summed E-state index contributed by atoms with van der Waals surface area (Å²) in [5, 5.41) is 2.51. The van der Waals surface area contributed by atoms with Gasteiger partial charge in [-0.2, -0.15) is 0 Å². The SMILES string of the molecule is COC(=O)[C@H](Cc1ccccc1)NC(=O)COC(=O)CCn1c(=O)oc2ccccc21. The molecule has 1 amide bonds. The van der Waals surface area contributed by atoms with Crippen molar-refractivity contribution in [3.8, 4) is 0 Å². The van der Waals surface area contributed by atoms with Crippen molar-refractivity contribution in [1.82, 2.24) is 9.88 Å². The smallest absolute Gasteiger partial charge is 0.419 e. The third-order valence-corrected chi connectivity index (χ3v) is 4.58. The molecule has 0 radical (unpaired) electrons. The van der Waals surface area contributed by atoms with Gasteiger partial charge in [0.25, 0.3) is 5.91 Å². The van der Waals surface area contributed by atoms with E-state index in [-0.39, 0.29) is 19.4 Å². The topological polar surface area (TPSA) is 117 Å². The number of hydrogen-bond donors (Lipinski definition) is 1. The van der Waals surface area contributed by atoms with Gasteiger partial charge in [-0.05, 0) is 17.7 Å². The number of benzene rings is 2. The number of nitrogens with zero attached hydrogens (tertiary/aromatic N) is 1. The summed E-state index contributed by atoms with van der Waals surface area (Å²) in [7, 11) is 1.23. The number of fused-ring (bicyclic) bond motifs is 1. The summed E-state index contributed by atoms with van der Waals surface area (Å²) in [5.41, 5.74) is 1.83. The number of amides is 1. The molecule has 3 aromatic rings. The van der Waals surface area contributed by atoms with E-state index in [9.17, 15) is 19.2 Å². The predicted molar refractivity (Wildman–Crippen MR) is 110 cm³/mol. The van der Waals surface area contributed by atoms with Gasteiger partial charge in [0, 0.05) is 13.0 Å². The number of carbonyl (C=O) groups excluding carboxylic acids is 3. The van der Waals surface area contributed by atoms with Crippen LogP contribution in [-0.2, 0) is 36.8 Å². The highest BCUT2D eigenvalue weighted by molar-refractivity contribution is 5.86. The lowest BCUT2D eigenvalue weighted by molar-refractivity contribution is -0.150. The van der Waals surface area contributed by atoms with Crippen LogP contribution in [0, 0.1) is 0 Å². The number of aryl methyl sites for hydroxylation is 1. The maximum atomic E-state index is 12.2. The van der Waals surface area contributed by atoms with E-state index >= 15 is 0 Å². The Bertz CT molecular complexity index is 1120. The lowest BCUT2D eigenvalue weighted by Gasteiger charge is -2.16. The Morgan fingerprint density at radius 3 is 2.52 bits per heavy atom. The first-order valence-electron chi connectivity index (χ1n) is 9.63. The van der Waals surface area contributed by atoms with Crippen molar-refractivity contribution in [2.24, 2.45) is 0 Å². The maximum absolute atomic E-state index is 12.2. The molecule has 0 saturated heterocycles. The second-order valence-electron chi connectivity index (χ2n) is 6.73. The molecule has 1 N–H and O–H groups in total. The lowest BCUT2D eigenvalue weighted by Crippen LogP contribution is -2.44. The fourth-order valence-corrected chi connectivity index (χ4v) is 3.07. The number of hydrogen-bond acceptors (Lipinski definition) is 7. The minimum Gasteiger partial charge on any atom is -0.467 e. The molecular formula is C22H22N2O7. The van der Waals surface area contributed by atoms with Crippen molar-refractivity contribution in [3.63, 3.8) is 0 Å². The van der Waals surface area contributed by atoms with Gasteiger partial charge in [-0.1, -0.05) is 42.5 Å². The average molecular weight is 426 g/mol. The number of aromatic nitrogens is 1. The molecule has 3 rings (SSSR count). The number of nitrogens with one attached hydrogen (secondary N) is 1. The summed E-state index contributed by atoms with van der Waals surface area (Å²) < 4.78 is 16.1. The van der Waals surface area contributed by atoms with E-state index in [1.165, 1.54) is 11.7 Å². The number of para-hydroxylation sites is 2. The molecule has 0 unspecified atom stereocenters. The Kier molecular flexibility index (Phi) is 7.21. The van der Waals surface area contributed by atoms with Crippen molar-refractivity contribution < 1.29 is 28.3 Å². The van der Waals surface area contributed by atoms with Crippen LogP contribution in [0.25, 0.3) is 11.1 Å². The highest BCUT2D eigenvalue weighted by atomic mass is 16.5. The maximum Gasteiger partial charge on any atom is 0.419 e. The minimum atomic E-state index is -0.908. The average Bonchev–Trinajstić information content (AvgIpc) is 3.10. The van der Waals surface area contributed by atoms with Gasteiger partial charge in [0.1, 0.15) is 6.04 Å². The molecule has 31 heavy (non-hydrogen) atoms. The number of oxazole rings is 1. The van der Waals surface area contributed by atoms with E-state index in [1.54, 1.807) is 24.3 Å². The first kappa shape index (κ1) is 21.8. The van der Waals surface area contributed by atoms with E-state index in [2.05, 4.69) is 5.32 Å². The van der Waals surface area contributed by atoms with Gasteiger partial charge in [-0.25, -0.2) is 9.59 Å². The highest BCUT2D eigenvalue weighted by Crippen LogP contribution is 2.12. The van der Waals surface area contributed by atoms with Gasteiger partial charge in [-0.15, -0.1) is 0 Å². The summed E-state index contributed by atoms with van der Waals surface area (Å²) in [6.45, 7) is -0.503. The zero-order chi connectivity index (χ0) is 22.2. The third-order valence-electron chi connectivity index (χ3n) is 4.58. The molecule has 0 saturated carbocycles. The Morgan fingerprint density at radius 2 is 1.77 bits per heavy atom. The highest BCUT2D eigenvalue weighted by Gasteiger charge is 2.22. The summed E-state index contributed by atoms with van der Waals surface area (Å²) in [4.78, 5) is 48.1. The van der Waals surface area contributed by atoms with Crippen LogP contribution in [0.3, 0.4) is 0 Å². The van der Waals surface area contributed by atoms with Crippen LogP contribution in [0.15, 0.2) is 63.8 Å². The summed E-state index contributed by atoms with van der Waals surface area (Å²) in [6.07, 6.45) is 0.116. The van der Waals surface area contributed by atoms with Crippen LogP contribution in [0.2, 0.25) is 0 Å². The first-order valence-corrected chi connectivity index (χ1v) is 9.63. The third kappa shape index (κ3) is 5.81. The Morgan fingerprint density at radius 1 is 1.06 bits per heavy atom. The van der Waals surface area contributed by atoms with Crippen LogP contribution in [0.1, 0.15) is 12.0 Å². The second kappa shape index (κ2) is 10.2. The standard InChI is InChI=1S/C22H22N2O7/c1-29-21(27)16(13-15-7-3-2-4-8-15)23-19(25)14-30-20(26)11-12-24-17-9-5-6-10-18(17)31-22(24)28/h2-10,16H,11-14H2,1H3,(H,23,25)/t16-/m0/s1. The largest absolute Gasteiger partial charge is 0.467 e. The number of carbonyl (C=O) groups is 3. The number of methoxy groups -OCH3 is 1. The van der Waals surface area contributed by atoms with Crippen molar-refractivity contribution >= 4 is 28.9 Å². The molecule has 1 heterocycles. The van der Waals surface area contributed by atoms with Crippen molar-refractivity contribution in [2.45, 2.75) is 25.4 Å². The quantitative estimate of drug-likeness (QED) is 0.515. The van der Waals surface area contributed by atoms with Crippen molar-refractivity contribution in [3.05, 3.63) is 70.7 Å². The van der Waals surface area contributed by atoms with Crippen LogP contribution in [0.5, 0.6) is 0 Å².